The van der Waals surface area contributed by atoms with Crippen molar-refractivity contribution in [2.45, 2.75) is 50.1 Å². The minimum Gasteiger partial charge on any atom is -0.479 e. The number of benzene rings is 1. The van der Waals surface area contributed by atoms with E-state index in [9.17, 15) is 9.59 Å². The van der Waals surface area contributed by atoms with Gasteiger partial charge in [0, 0.05) is 68.0 Å². The molecule has 1 aromatic carbocycles. The van der Waals surface area contributed by atoms with Crippen molar-refractivity contribution in [3.63, 3.8) is 0 Å². The van der Waals surface area contributed by atoms with E-state index < -0.39 is 5.54 Å². The Balaban J connectivity index is 0.924. The number of carbonyl (C=O) groups excluding carboxylic acids is 1. The number of anilines is 3. The van der Waals surface area contributed by atoms with Gasteiger partial charge in [0.1, 0.15) is 17.3 Å². The number of carbonyl (C=O) groups is 1. The van der Waals surface area contributed by atoms with Crippen molar-refractivity contribution in [2.24, 2.45) is 17.8 Å². The second kappa shape index (κ2) is 14.3. The fourth-order valence-electron chi connectivity index (χ4n) is 10.2. The molecule has 0 radical (unpaired) electrons. The molecule has 4 aromatic rings. The van der Waals surface area contributed by atoms with E-state index >= 15 is 4.39 Å². The Kier molecular flexibility index (Phi) is 9.36. The van der Waals surface area contributed by atoms with E-state index in [0.29, 0.717) is 85.7 Å². The maximum Gasteiger partial charge on any atom is 0.317 e. The van der Waals surface area contributed by atoms with Gasteiger partial charge in [0.25, 0.3) is 5.56 Å². The summed E-state index contributed by atoms with van der Waals surface area (Å²) in [5, 5.41) is 10.9. The average Bonchev–Trinajstić information content (AvgIpc) is 3.55. The SMILES string of the molecule is COc1nc(N2CCN(C(=O)NC34CC5CC(CC3C5)C4)CC2)ccc1Nc1ncc2c(C)cc(=O)n(-c3ccc(F)c(C4(NCCN(C)C)COC4)c3)c2n1. The van der Waals surface area contributed by atoms with Crippen LogP contribution in [0.15, 0.2) is 47.4 Å². The third kappa shape index (κ3) is 6.52. The molecule has 2 amide bonds. The highest BCUT2D eigenvalue weighted by Crippen LogP contribution is 2.60. The molecule has 56 heavy (non-hydrogen) atoms. The molecule has 10 rings (SSSR count). The Bertz CT molecular complexity index is 2200. The standard InChI is InChI=1S/C41H51FN10O4/c1-25-15-35(53)52(29-5-6-32(42)31(19-29)41(23-56-24-41)44-9-10-49(2)3)36-30(25)22-43-38(47-36)45-33-7-8-34(46-37(33)55-4)50-11-13-51(14-12-50)39(54)48-40-20-26-16-27(21-40)18-28(40)17-26/h5-8,15,19,22,26-28,44H,9-14,16-18,20-21,23-24H2,1-4H3,(H,48,54)(H,43,45,47). The highest BCUT2D eigenvalue weighted by Gasteiger charge is 2.58. The lowest BCUT2D eigenvalue weighted by Gasteiger charge is -2.43. The zero-order valence-electron chi connectivity index (χ0n) is 32.6. The molecule has 15 heteroatoms. The average molecular weight is 767 g/mol. The van der Waals surface area contributed by atoms with Crippen molar-refractivity contribution in [1.82, 2.24) is 40.0 Å². The van der Waals surface area contributed by atoms with Crippen LogP contribution < -0.4 is 31.1 Å². The summed E-state index contributed by atoms with van der Waals surface area (Å²) in [4.78, 5) is 47.5. The number of hydrogen-bond donors (Lipinski definition) is 3. The van der Waals surface area contributed by atoms with E-state index in [2.05, 4.69) is 30.7 Å². The topological polar surface area (TPSA) is 142 Å². The highest BCUT2D eigenvalue weighted by atomic mass is 19.1. The first-order chi connectivity index (χ1) is 27.0. The van der Waals surface area contributed by atoms with E-state index in [4.69, 9.17) is 19.4 Å². The molecule has 5 heterocycles. The predicted molar refractivity (Wildman–Crippen MR) is 212 cm³/mol. The van der Waals surface area contributed by atoms with Crippen LogP contribution in [0, 0.1) is 30.5 Å². The van der Waals surface area contributed by atoms with Gasteiger partial charge in [-0.05, 0) is 107 Å². The van der Waals surface area contributed by atoms with Crippen molar-refractivity contribution in [3.05, 3.63) is 69.9 Å². The zero-order valence-corrected chi connectivity index (χ0v) is 32.6. The number of methoxy groups -OCH3 is 1. The Labute approximate surface area is 325 Å². The molecule has 14 nitrogen and oxygen atoms in total. The lowest BCUT2D eigenvalue weighted by Crippen LogP contribution is -2.59. The molecule has 2 saturated heterocycles. The molecule has 3 aromatic heterocycles. The summed E-state index contributed by atoms with van der Waals surface area (Å²) in [5.74, 6) is 3.21. The van der Waals surface area contributed by atoms with Gasteiger partial charge < -0.3 is 40.1 Å². The number of rotatable bonds is 11. The van der Waals surface area contributed by atoms with Crippen molar-refractivity contribution in [3.8, 4) is 11.6 Å². The van der Waals surface area contributed by atoms with Crippen LogP contribution in [0.3, 0.4) is 0 Å². The van der Waals surface area contributed by atoms with Crippen molar-refractivity contribution in [2.75, 3.05) is 83.9 Å². The number of amides is 2. The first kappa shape index (κ1) is 36.8. The molecule has 6 aliphatic rings. The predicted octanol–water partition coefficient (Wildman–Crippen LogP) is 4.16. The summed E-state index contributed by atoms with van der Waals surface area (Å²) < 4.78 is 28.3. The molecule has 4 aliphatic carbocycles. The summed E-state index contributed by atoms with van der Waals surface area (Å²) >= 11 is 0. The van der Waals surface area contributed by atoms with Crippen LogP contribution in [0.4, 0.5) is 26.6 Å². The van der Waals surface area contributed by atoms with Crippen LogP contribution in [0.25, 0.3) is 16.7 Å². The molecule has 3 N–H and O–H groups in total. The quantitative estimate of drug-likeness (QED) is 0.203. The molecule has 0 spiro atoms. The maximum absolute atomic E-state index is 15.5. The van der Waals surface area contributed by atoms with Crippen LogP contribution in [0.5, 0.6) is 5.88 Å². The maximum atomic E-state index is 15.5. The first-order valence-electron chi connectivity index (χ1n) is 19.8. The van der Waals surface area contributed by atoms with Crippen LogP contribution >= 0.6 is 0 Å². The number of ether oxygens (including phenoxy) is 2. The number of piperazine rings is 1. The van der Waals surface area contributed by atoms with Gasteiger partial charge in [-0.15, -0.1) is 0 Å². The third-order valence-electron chi connectivity index (χ3n) is 12.9. The molecule has 6 fully saturated rings. The fourth-order valence-corrected chi connectivity index (χ4v) is 10.2. The Morgan fingerprint density at radius 3 is 2.50 bits per heavy atom. The molecule has 4 saturated carbocycles. The number of urea groups is 1. The van der Waals surface area contributed by atoms with Crippen LogP contribution in [-0.2, 0) is 10.3 Å². The monoisotopic (exact) mass is 766 g/mol. The number of halogens is 1. The summed E-state index contributed by atoms with van der Waals surface area (Å²) in [5.41, 5.74) is 1.60. The van der Waals surface area contributed by atoms with Gasteiger partial charge in [0.05, 0.1) is 31.5 Å². The second-order valence-corrected chi connectivity index (χ2v) is 16.9. The van der Waals surface area contributed by atoms with Gasteiger partial charge in [0.2, 0.25) is 11.8 Å². The molecular weight excluding hydrogens is 716 g/mol. The van der Waals surface area contributed by atoms with Gasteiger partial charge in [0.15, 0.2) is 5.65 Å². The number of fused-ring (bicyclic) bond motifs is 1. The Morgan fingerprint density at radius 1 is 1.04 bits per heavy atom. The van der Waals surface area contributed by atoms with Crippen molar-refractivity contribution in [1.29, 1.82) is 0 Å². The molecule has 2 unspecified atom stereocenters. The number of nitrogens with zero attached hydrogens (tertiary/aromatic N) is 7. The third-order valence-corrected chi connectivity index (χ3v) is 12.9. The van der Waals surface area contributed by atoms with Gasteiger partial charge in [-0.1, -0.05) is 0 Å². The van der Waals surface area contributed by atoms with E-state index in [-0.39, 0.29) is 28.9 Å². The molecule has 2 atom stereocenters. The van der Waals surface area contributed by atoms with E-state index in [1.165, 1.54) is 29.9 Å². The zero-order chi connectivity index (χ0) is 38.8. The number of likely N-dealkylation sites (N-methyl/N-ethyl adjacent to an activating group) is 1. The van der Waals surface area contributed by atoms with E-state index in [1.54, 1.807) is 31.5 Å². The van der Waals surface area contributed by atoms with Gasteiger partial charge in [-0.3, -0.25) is 9.36 Å². The summed E-state index contributed by atoms with van der Waals surface area (Å²) in [6, 6.07) is 10.1. The number of aromatic nitrogens is 4. The number of hydrogen-bond acceptors (Lipinski definition) is 11. The number of aryl methyl sites for hydroxylation is 1. The number of nitrogens with one attached hydrogen (secondary N) is 3. The van der Waals surface area contributed by atoms with Crippen LogP contribution in [0.2, 0.25) is 0 Å². The largest absolute Gasteiger partial charge is 0.479 e. The van der Waals surface area contributed by atoms with Gasteiger partial charge in [-0.2, -0.15) is 9.97 Å². The Hall–Kier alpha value is -4.86. The highest BCUT2D eigenvalue weighted by molar-refractivity contribution is 5.81. The van der Waals surface area contributed by atoms with Crippen molar-refractivity contribution >= 4 is 34.5 Å². The Morgan fingerprint density at radius 2 is 1.80 bits per heavy atom. The lowest BCUT2D eigenvalue weighted by atomic mass is 9.80. The van der Waals surface area contributed by atoms with Gasteiger partial charge in [-0.25, -0.2) is 14.2 Å². The lowest BCUT2D eigenvalue weighted by molar-refractivity contribution is -0.0803. The summed E-state index contributed by atoms with van der Waals surface area (Å²) in [6.07, 6.45) is 7.88. The molecule has 4 bridgehead atoms. The number of pyridine rings is 2. The first-order valence-corrected chi connectivity index (χ1v) is 19.8. The molecule has 296 valence electrons. The summed E-state index contributed by atoms with van der Waals surface area (Å²) in [6.45, 7) is 6.47. The fraction of sp³-hybridized carbons (Fsp3) is 0.537. The summed E-state index contributed by atoms with van der Waals surface area (Å²) in [7, 11) is 5.54. The molecule has 2 aliphatic heterocycles. The minimum atomic E-state index is -0.700. The van der Waals surface area contributed by atoms with Crippen LogP contribution in [-0.4, -0.2) is 115 Å². The smallest absolute Gasteiger partial charge is 0.317 e. The second-order valence-electron chi connectivity index (χ2n) is 16.9. The normalized spacial score (nSPS) is 24.9. The van der Waals surface area contributed by atoms with E-state index in [0.717, 1.165) is 42.6 Å². The molecular formula is C41H51FN10O4. The van der Waals surface area contributed by atoms with Crippen molar-refractivity contribution < 1.29 is 18.7 Å². The van der Waals surface area contributed by atoms with Crippen LogP contribution in [0.1, 0.15) is 43.2 Å². The minimum absolute atomic E-state index is 0.0210. The van der Waals surface area contributed by atoms with E-state index in [1.807, 2.05) is 38.1 Å². The van der Waals surface area contributed by atoms with Gasteiger partial charge >= 0.3 is 6.03 Å².